The van der Waals surface area contributed by atoms with Crippen LogP contribution in [0.2, 0.25) is 0 Å². The molecule has 208 valence electrons. The molecule has 0 N–H and O–H groups in total. The van der Waals surface area contributed by atoms with Gasteiger partial charge in [-0.3, -0.25) is 0 Å². The SMILES string of the molecule is c1ccc(-c2ccc(N(c3ccc(-c4ccccc4)cc3)c3cccc(-c4cccc5c4sc4ncccc45)c3)cc2)cc1. The predicted octanol–water partition coefficient (Wildman–Crippen LogP) is 11.9. The quantitative estimate of drug-likeness (QED) is 0.194. The largest absolute Gasteiger partial charge is 0.310 e. The number of aromatic nitrogens is 1. The Bertz CT molecular complexity index is 2120. The number of nitrogens with zero attached hydrogens (tertiary/aromatic N) is 2. The third kappa shape index (κ3) is 4.84. The van der Waals surface area contributed by atoms with Crippen LogP contribution >= 0.6 is 11.3 Å². The molecule has 0 aliphatic rings. The molecule has 0 unspecified atom stereocenters. The lowest BCUT2D eigenvalue weighted by Crippen LogP contribution is -2.10. The molecule has 2 heterocycles. The van der Waals surface area contributed by atoms with E-state index in [1.54, 1.807) is 11.3 Å². The molecule has 6 aromatic carbocycles. The summed E-state index contributed by atoms with van der Waals surface area (Å²) in [6, 6.07) is 58.5. The number of fused-ring (bicyclic) bond motifs is 3. The van der Waals surface area contributed by atoms with Gasteiger partial charge in [0.05, 0.1) is 0 Å². The first-order valence-corrected chi connectivity index (χ1v) is 15.6. The molecule has 0 aliphatic carbocycles. The van der Waals surface area contributed by atoms with E-state index >= 15 is 0 Å². The molecule has 0 saturated heterocycles. The standard InChI is InChI=1S/C41H28N2S/c1-3-10-29(11-4-1)31-19-23-34(24-20-31)43(35-25-21-32(22-26-35)30-12-5-2-6-13-30)36-15-7-14-33(28-36)37-16-8-17-38-39-18-9-27-42-41(39)44-40(37)38/h1-28H. The lowest BCUT2D eigenvalue weighted by atomic mass is 10.0. The number of pyridine rings is 1. The topological polar surface area (TPSA) is 16.1 Å². The molecule has 0 fully saturated rings. The summed E-state index contributed by atoms with van der Waals surface area (Å²) in [5.41, 5.74) is 10.6. The Hall–Kier alpha value is -5.51. The summed E-state index contributed by atoms with van der Waals surface area (Å²) in [7, 11) is 0. The van der Waals surface area contributed by atoms with Crippen molar-refractivity contribution in [1.82, 2.24) is 4.98 Å². The second-order valence-corrected chi connectivity index (χ2v) is 11.9. The van der Waals surface area contributed by atoms with E-state index in [2.05, 4.69) is 168 Å². The minimum Gasteiger partial charge on any atom is -0.310 e. The molecule has 0 saturated carbocycles. The molecule has 0 atom stereocenters. The van der Waals surface area contributed by atoms with Gasteiger partial charge in [-0.1, -0.05) is 115 Å². The first kappa shape index (κ1) is 26.1. The second kappa shape index (κ2) is 11.3. The van der Waals surface area contributed by atoms with E-state index in [1.807, 2.05) is 12.3 Å². The van der Waals surface area contributed by atoms with Crippen LogP contribution in [0.15, 0.2) is 170 Å². The first-order valence-electron chi connectivity index (χ1n) is 14.8. The molecule has 2 aromatic heterocycles. The van der Waals surface area contributed by atoms with Gasteiger partial charge in [0, 0.05) is 38.7 Å². The zero-order valence-corrected chi connectivity index (χ0v) is 24.8. The Balaban J connectivity index is 1.24. The van der Waals surface area contributed by atoms with Crippen LogP contribution in [0.3, 0.4) is 0 Å². The van der Waals surface area contributed by atoms with E-state index in [0.29, 0.717) is 0 Å². The number of hydrogen-bond donors (Lipinski definition) is 0. The summed E-state index contributed by atoms with van der Waals surface area (Å²) in [6.45, 7) is 0. The molecular formula is C41H28N2S. The molecule has 0 radical (unpaired) electrons. The molecule has 8 rings (SSSR count). The van der Waals surface area contributed by atoms with Crippen molar-refractivity contribution < 1.29 is 0 Å². The monoisotopic (exact) mass is 580 g/mol. The van der Waals surface area contributed by atoms with Crippen molar-refractivity contribution in [3.63, 3.8) is 0 Å². The third-order valence-corrected chi connectivity index (χ3v) is 9.32. The Labute approximate surface area is 261 Å². The maximum Gasteiger partial charge on any atom is 0.124 e. The number of anilines is 3. The number of hydrogen-bond acceptors (Lipinski definition) is 3. The van der Waals surface area contributed by atoms with Crippen LogP contribution in [0.1, 0.15) is 0 Å². The minimum atomic E-state index is 1.07. The number of benzene rings is 6. The zero-order valence-electron chi connectivity index (χ0n) is 24.0. The van der Waals surface area contributed by atoms with Crippen LogP contribution in [0.5, 0.6) is 0 Å². The molecule has 3 heteroatoms. The maximum atomic E-state index is 4.65. The molecule has 2 nitrogen and oxygen atoms in total. The van der Waals surface area contributed by atoms with Gasteiger partial charge in [0.15, 0.2) is 0 Å². The van der Waals surface area contributed by atoms with Gasteiger partial charge in [-0.2, -0.15) is 0 Å². The Morgan fingerprint density at radius 2 is 0.955 bits per heavy atom. The maximum absolute atomic E-state index is 4.65. The predicted molar refractivity (Wildman–Crippen MR) is 188 cm³/mol. The van der Waals surface area contributed by atoms with Gasteiger partial charge in [0.2, 0.25) is 0 Å². The first-order chi connectivity index (χ1) is 21.8. The summed E-state index contributed by atoms with van der Waals surface area (Å²) in [4.78, 5) is 8.07. The summed E-state index contributed by atoms with van der Waals surface area (Å²) in [5, 5.41) is 2.47. The van der Waals surface area contributed by atoms with Gasteiger partial charge >= 0.3 is 0 Å². The van der Waals surface area contributed by atoms with Gasteiger partial charge in [-0.15, -0.1) is 11.3 Å². The minimum absolute atomic E-state index is 1.07. The van der Waals surface area contributed by atoms with Crippen molar-refractivity contribution in [2.24, 2.45) is 0 Å². The van der Waals surface area contributed by atoms with Crippen LogP contribution in [-0.4, -0.2) is 4.98 Å². The highest BCUT2D eigenvalue weighted by Crippen LogP contribution is 2.42. The fourth-order valence-electron chi connectivity index (χ4n) is 5.99. The van der Waals surface area contributed by atoms with E-state index in [9.17, 15) is 0 Å². The summed E-state index contributed by atoms with van der Waals surface area (Å²) in [6.07, 6.45) is 1.88. The summed E-state index contributed by atoms with van der Waals surface area (Å²) >= 11 is 1.76. The Morgan fingerprint density at radius 1 is 0.409 bits per heavy atom. The van der Waals surface area contributed by atoms with E-state index in [4.69, 9.17) is 0 Å². The van der Waals surface area contributed by atoms with Crippen LogP contribution < -0.4 is 4.90 Å². The highest BCUT2D eigenvalue weighted by atomic mass is 32.1. The fraction of sp³-hybridized carbons (Fsp3) is 0. The van der Waals surface area contributed by atoms with Gasteiger partial charge in [0.25, 0.3) is 0 Å². The molecule has 44 heavy (non-hydrogen) atoms. The molecule has 0 aliphatic heterocycles. The van der Waals surface area contributed by atoms with Crippen molar-refractivity contribution in [1.29, 1.82) is 0 Å². The number of rotatable bonds is 6. The molecule has 0 amide bonds. The van der Waals surface area contributed by atoms with E-state index in [0.717, 1.165) is 21.9 Å². The van der Waals surface area contributed by atoms with Crippen molar-refractivity contribution >= 4 is 48.7 Å². The van der Waals surface area contributed by atoms with Gasteiger partial charge in [-0.25, -0.2) is 4.98 Å². The van der Waals surface area contributed by atoms with Crippen molar-refractivity contribution in [3.05, 3.63) is 170 Å². The van der Waals surface area contributed by atoms with Gasteiger partial charge in [0.1, 0.15) is 4.83 Å². The Morgan fingerprint density at radius 3 is 1.59 bits per heavy atom. The van der Waals surface area contributed by atoms with Gasteiger partial charge < -0.3 is 4.90 Å². The second-order valence-electron chi connectivity index (χ2n) is 10.9. The lowest BCUT2D eigenvalue weighted by molar-refractivity contribution is 1.28. The average molecular weight is 581 g/mol. The average Bonchev–Trinajstić information content (AvgIpc) is 3.49. The van der Waals surface area contributed by atoms with E-state index in [1.165, 1.54) is 48.9 Å². The summed E-state index contributed by atoms with van der Waals surface area (Å²) < 4.78 is 1.27. The smallest absolute Gasteiger partial charge is 0.124 e. The van der Waals surface area contributed by atoms with Crippen LogP contribution in [0.25, 0.3) is 53.7 Å². The fourth-order valence-corrected chi connectivity index (χ4v) is 7.17. The van der Waals surface area contributed by atoms with E-state index in [-0.39, 0.29) is 0 Å². The number of thiophene rings is 1. The van der Waals surface area contributed by atoms with Crippen LogP contribution in [0, 0.1) is 0 Å². The van der Waals surface area contributed by atoms with Crippen LogP contribution in [-0.2, 0) is 0 Å². The molecule has 0 spiro atoms. The van der Waals surface area contributed by atoms with Crippen LogP contribution in [0.4, 0.5) is 17.1 Å². The highest BCUT2D eigenvalue weighted by molar-refractivity contribution is 7.26. The summed E-state index contributed by atoms with van der Waals surface area (Å²) in [5.74, 6) is 0. The lowest BCUT2D eigenvalue weighted by Gasteiger charge is -2.26. The molecule has 8 aromatic rings. The molecule has 0 bridgehead atoms. The molecular weight excluding hydrogens is 553 g/mol. The van der Waals surface area contributed by atoms with Crippen molar-refractivity contribution in [2.75, 3.05) is 4.90 Å². The van der Waals surface area contributed by atoms with Crippen molar-refractivity contribution in [2.45, 2.75) is 0 Å². The van der Waals surface area contributed by atoms with Gasteiger partial charge in [-0.05, 0) is 81.9 Å². The van der Waals surface area contributed by atoms with Crippen molar-refractivity contribution in [3.8, 4) is 33.4 Å². The van der Waals surface area contributed by atoms with E-state index < -0.39 is 0 Å². The highest BCUT2D eigenvalue weighted by Gasteiger charge is 2.16. The third-order valence-electron chi connectivity index (χ3n) is 8.16. The Kier molecular flexibility index (Phi) is 6.71. The zero-order chi connectivity index (χ0) is 29.3. The normalized spacial score (nSPS) is 11.2.